The average Bonchev–Trinajstić information content (AvgIpc) is 3.17. The van der Waals surface area contributed by atoms with E-state index in [1.807, 2.05) is 47.1 Å². The molecule has 0 aliphatic rings. The molecule has 0 saturated carbocycles. The lowest BCUT2D eigenvalue weighted by Crippen LogP contribution is -1.84. The zero-order valence-corrected chi connectivity index (χ0v) is 11.7. The number of benzene rings is 1. The molecule has 21 heavy (non-hydrogen) atoms. The lowest BCUT2D eigenvalue weighted by atomic mass is 10.0. The Morgan fingerprint density at radius 1 is 1.05 bits per heavy atom. The van der Waals surface area contributed by atoms with E-state index in [0.717, 1.165) is 28.2 Å². The summed E-state index contributed by atoms with van der Waals surface area (Å²) in [7, 11) is 0. The Labute approximate surface area is 122 Å². The van der Waals surface area contributed by atoms with Crippen LogP contribution in [0.2, 0.25) is 0 Å². The van der Waals surface area contributed by atoms with Crippen molar-refractivity contribution in [1.82, 2.24) is 9.38 Å². The fourth-order valence-electron chi connectivity index (χ4n) is 2.55. The summed E-state index contributed by atoms with van der Waals surface area (Å²) in [6.07, 6.45) is 5.76. The van der Waals surface area contributed by atoms with Crippen molar-refractivity contribution in [2.45, 2.75) is 6.92 Å². The molecule has 3 heteroatoms. The summed E-state index contributed by atoms with van der Waals surface area (Å²) in [4.78, 5) is 4.67. The van der Waals surface area contributed by atoms with Gasteiger partial charge in [-0.15, -0.1) is 0 Å². The van der Waals surface area contributed by atoms with Crippen LogP contribution in [0.4, 0.5) is 0 Å². The lowest BCUT2D eigenvalue weighted by Gasteiger charge is -2.05. The summed E-state index contributed by atoms with van der Waals surface area (Å²) < 4.78 is 7.55. The quantitative estimate of drug-likeness (QED) is 0.536. The molecule has 0 saturated heterocycles. The second-order valence-electron chi connectivity index (χ2n) is 5.10. The van der Waals surface area contributed by atoms with Gasteiger partial charge in [-0.25, -0.2) is 4.98 Å². The van der Waals surface area contributed by atoms with Crippen LogP contribution in [0.3, 0.4) is 0 Å². The fraction of sp³-hybridized carbons (Fsp3) is 0.0556. The number of nitrogens with zero attached hydrogens (tertiary/aromatic N) is 2. The van der Waals surface area contributed by atoms with E-state index in [1.54, 1.807) is 6.26 Å². The molecule has 4 aromatic rings. The van der Waals surface area contributed by atoms with Crippen molar-refractivity contribution in [2.24, 2.45) is 0 Å². The molecule has 0 aliphatic carbocycles. The third-order valence-corrected chi connectivity index (χ3v) is 3.68. The van der Waals surface area contributed by atoms with Crippen LogP contribution in [-0.2, 0) is 0 Å². The summed E-state index contributed by atoms with van der Waals surface area (Å²) in [6.45, 7) is 2.09. The largest absolute Gasteiger partial charge is 0.464 e. The van der Waals surface area contributed by atoms with Crippen LogP contribution in [-0.4, -0.2) is 9.38 Å². The van der Waals surface area contributed by atoms with Gasteiger partial charge in [-0.2, -0.15) is 0 Å². The standard InChI is InChI=1S/C18H14N2O/c1-13-7-8-14(11-15(13)17-5-4-10-21-17)16-12-20-9-3-2-6-18(20)19-16/h2-12H,1H3. The maximum absolute atomic E-state index is 5.52. The molecular weight excluding hydrogens is 260 g/mol. The smallest absolute Gasteiger partial charge is 0.137 e. The maximum atomic E-state index is 5.52. The van der Waals surface area contributed by atoms with E-state index in [9.17, 15) is 0 Å². The van der Waals surface area contributed by atoms with Crippen molar-refractivity contribution in [3.05, 3.63) is 72.8 Å². The van der Waals surface area contributed by atoms with Crippen molar-refractivity contribution >= 4 is 5.65 Å². The summed E-state index contributed by atoms with van der Waals surface area (Å²) in [5, 5.41) is 0. The first-order chi connectivity index (χ1) is 10.3. The lowest BCUT2D eigenvalue weighted by molar-refractivity contribution is 0.582. The number of hydrogen-bond donors (Lipinski definition) is 0. The highest BCUT2D eigenvalue weighted by molar-refractivity contribution is 5.72. The van der Waals surface area contributed by atoms with Crippen LogP contribution in [0.25, 0.3) is 28.2 Å². The maximum Gasteiger partial charge on any atom is 0.137 e. The highest BCUT2D eigenvalue weighted by atomic mass is 16.3. The molecule has 3 nitrogen and oxygen atoms in total. The molecule has 3 aromatic heterocycles. The molecule has 4 rings (SSSR count). The van der Waals surface area contributed by atoms with Crippen molar-refractivity contribution in [3.63, 3.8) is 0 Å². The third-order valence-electron chi connectivity index (χ3n) is 3.68. The molecule has 3 heterocycles. The number of rotatable bonds is 2. The molecule has 102 valence electrons. The molecule has 0 fully saturated rings. The van der Waals surface area contributed by atoms with Gasteiger partial charge in [0.05, 0.1) is 12.0 Å². The molecule has 0 unspecified atom stereocenters. The summed E-state index contributed by atoms with van der Waals surface area (Å²) in [6, 6.07) is 16.2. The predicted octanol–water partition coefficient (Wildman–Crippen LogP) is 4.57. The number of hydrogen-bond acceptors (Lipinski definition) is 2. The van der Waals surface area contributed by atoms with Gasteiger partial charge < -0.3 is 8.82 Å². The first kappa shape index (κ1) is 12.0. The molecule has 0 atom stereocenters. The number of aromatic nitrogens is 2. The van der Waals surface area contributed by atoms with Crippen molar-refractivity contribution in [2.75, 3.05) is 0 Å². The minimum absolute atomic E-state index is 0.887. The van der Waals surface area contributed by atoms with E-state index in [2.05, 4.69) is 30.1 Å². The Bertz CT molecular complexity index is 871. The highest BCUT2D eigenvalue weighted by Gasteiger charge is 2.09. The van der Waals surface area contributed by atoms with Gasteiger partial charge in [-0.1, -0.05) is 18.2 Å². The van der Waals surface area contributed by atoms with Crippen LogP contribution in [0.5, 0.6) is 0 Å². The Morgan fingerprint density at radius 2 is 2.00 bits per heavy atom. The van der Waals surface area contributed by atoms with E-state index in [1.165, 1.54) is 5.56 Å². The van der Waals surface area contributed by atoms with Gasteiger partial charge >= 0.3 is 0 Å². The fourth-order valence-corrected chi connectivity index (χ4v) is 2.55. The van der Waals surface area contributed by atoms with Crippen molar-refractivity contribution in [1.29, 1.82) is 0 Å². The molecule has 1 aromatic carbocycles. The van der Waals surface area contributed by atoms with Crippen LogP contribution in [0, 0.1) is 6.92 Å². The second-order valence-corrected chi connectivity index (χ2v) is 5.10. The van der Waals surface area contributed by atoms with Gasteiger partial charge in [-0.05, 0) is 42.8 Å². The number of aryl methyl sites for hydroxylation is 1. The van der Waals surface area contributed by atoms with E-state index < -0.39 is 0 Å². The Kier molecular flexibility index (Phi) is 2.64. The van der Waals surface area contributed by atoms with Crippen LogP contribution in [0.1, 0.15) is 5.56 Å². The number of pyridine rings is 1. The average molecular weight is 274 g/mol. The summed E-state index contributed by atoms with van der Waals surface area (Å²) in [5.41, 5.74) is 5.31. The van der Waals surface area contributed by atoms with Crippen LogP contribution < -0.4 is 0 Å². The highest BCUT2D eigenvalue weighted by Crippen LogP contribution is 2.29. The molecule has 0 N–H and O–H groups in total. The summed E-state index contributed by atoms with van der Waals surface area (Å²) >= 11 is 0. The number of fused-ring (bicyclic) bond motifs is 1. The zero-order valence-electron chi connectivity index (χ0n) is 11.7. The summed E-state index contributed by atoms with van der Waals surface area (Å²) in [5.74, 6) is 0.887. The predicted molar refractivity (Wildman–Crippen MR) is 83.1 cm³/mol. The van der Waals surface area contributed by atoms with E-state index >= 15 is 0 Å². The molecule has 0 bridgehead atoms. The van der Waals surface area contributed by atoms with E-state index in [-0.39, 0.29) is 0 Å². The van der Waals surface area contributed by atoms with Crippen LogP contribution >= 0.6 is 0 Å². The number of furan rings is 1. The second kappa shape index (κ2) is 4.63. The number of imidazole rings is 1. The first-order valence-corrected chi connectivity index (χ1v) is 6.90. The first-order valence-electron chi connectivity index (χ1n) is 6.90. The molecule has 0 spiro atoms. The Hall–Kier alpha value is -2.81. The normalized spacial score (nSPS) is 11.1. The van der Waals surface area contributed by atoms with Gasteiger partial charge in [0.1, 0.15) is 11.4 Å². The van der Waals surface area contributed by atoms with Crippen LogP contribution in [0.15, 0.2) is 71.6 Å². The minimum Gasteiger partial charge on any atom is -0.464 e. The van der Waals surface area contributed by atoms with Gasteiger partial charge in [0.15, 0.2) is 0 Å². The van der Waals surface area contributed by atoms with Crippen molar-refractivity contribution < 1.29 is 4.42 Å². The molecule has 0 amide bonds. The minimum atomic E-state index is 0.887. The van der Waals surface area contributed by atoms with Crippen molar-refractivity contribution in [3.8, 4) is 22.6 Å². The zero-order chi connectivity index (χ0) is 14.2. The van der Waals surface area contributed by atoms with E-state index in [0.29, 0.717) is 0 Å². The Balaban J connectivity index is 1.87. The molecule has 0 aliphatic heterocycles. The Morgan fingerprint density at radius 3 is 2.81 bits per heavy atom. The third kappa shape index (κ3) is 2.03. The molecular formula is C18H14N2O. The van der Waals surface area contributed by atoms with Gasteiger partial charge in [0, 0.05) is 23.5 Å². The molecule has 0 radical (unpaired) electrons. The topological polar surface area (TPSA) is 30.4 Å². The monoisotopic (exact) mass is 274 g/mol. The van der Waals surface area contributed by atoms with Gasteiger partial charge in [-0.3, -0.25) is 0 Å². The van der Waals surface area contributed by atoms with Gasteiger partial charge in [0.25, 0.3) is 0 Å². The van der Waals surface area contributed by atoms with Gasteiger partial charge in [0.2, 0.25) is 0 Å². The van der Waals surface area contributed by atoms with E-state index in [4.69, 9.17) is 4.42 Å². The SMILES string of the molecule is Cc1ccc(-c2cn3ccccc3n2)cc1-c1ccco1.